The molecule has 31 heavy (non-hydrogen) atoms. The van der Waals surface area contributed by atoms with Crippen molar-refractivity contribution in [2.75, 3.05) is 44.4 Å². The minimum atomic E-state index is -0.00110. The molecule has 2 aromatic carbocycles. The Morgan fingerprint density at radius 2 is 1.48 bits per heavy atom. The second-order valence-electron chi connectivity index (χ2n) is 7.80. The van der Waals surface area contributed by atoms with Gasteiger partial charge in [-0.25, -0.2) is 0 Å². The molecule has 3 aliphatic rings. The largest absolute Gasteiger partial charge is 0.486 e. The average Bonchev–Trinajstić information content (AvgIpc) is 3.11. The SMILES string of the molecule is O=C(CN(C1=NCCCCC1)c1ccc2c(c1)OCCO2)c1ccc2c(c1)OCCO2. The fourth-order valence-electron chi connectivity index (χ4n) is 4.06. The third kappa shape index (κ3) is 4.31. The van der Waals surface area contributed by atoms with E-state index in [4.69, 9.17) is 23.9 Å². The molecule has 3 heterocycles. The van der Waals surface area contributed by atoms with Gasteiger partial charge in [-0.1, -0.05) is 6.42 Å². The van der Waals surface area contributed by atoms with Gasteiger partial charge in [-0.15, -0.1) is 0 Å². The summed E-state index contributed by atoms with van der Waals surface area (Å²) < 4.78 is 22.7. The Balaban J connectivity index is 1.44. The Morgan fingerprint density at radius 3 is 2.26 bits per heavy atom. The van der Waals surface area contributed by atoms with E-state index in [-0.39, 0.29) is 12.3 Å². The highest BCUT2D eigenvalue weighted by atomic mass is 16.6. The summed E-state index contributed by atoms with van der Waals surface area (Å²) in [6.45, 7) is 3.06. The van der Waals surface area contributed by atoms with Gasteiger partial charge in [0.2, 0.25) is 0 Å². The number of anilines is 1. The van der Waals surface area contributed by atoms with E-state index in [1.54, 1.807) is 18.2 Å². The van der Waals surface area contributed by atoms with Crippen molar-refractivity contribution in [3.8, 4) is 23.0 Å². The van der Waals surface area contributed by atoms with Gasteiger partial charge in [-0.05, 0) is 43.2 Å². The number of amidine groups is 1. The molecular formula is C24H26N2O5. The molecule has 5 rings (SSSR count). The molecule has 0 aromatic heterocycles. The average molecular weight is 422 g/mol. The van der Waals surface area contributed by atoms with Crippen LogP contribution in [0.4, 0.5) is 5.69 Å². The van der Waals surface area contributed by atoms with Gasteiger partial charge in [0.05, 0.1) is 6.54 Å². The first-order chi connectivity index (χ1) is 15.3. The van der Waals surface area contributed by atoms with Gasteiger partial charge in [0.1, 0.15) is 32.3 Å². The minimum Gasteiger partial charge on any atom is -0.486 e. The van der Waals surface area contributed by atoms with Gasteiger partial charge >= 0.3 is 0 Å². The van der Waals surface area contributed by atoms with Gasteiger partial charge < -0.3 is 23.8 Å². The van der Waals surface area contributed by atoms with Crippen LogP contribution < -0.4 is 23.8 Å². The van der Waals surface area contributed by atoms with E-state index < -0.39 is 0 Å². The lowest BCUT2D eigenvalue weighted by molar-refractivity contribution is 0.100. The molecule has 0 N–H and O–H groups in total. The zero-order chi connectivity index (χ0) is 21.0. The van der Waals surface area contributed by atoms with Crippen LogP contribution in [-0.2, 0) is 0 Å². The van der Waals surface area contributed by atoms with Gasteiger partial charge in [-0.2, -0.15) is 0 Å². The number of fused-ring (bicyclic) bond motifs is 2. The molecule has 0 radical (unpaired) electrons. The van der Waals surface area contributed by atoms with E-state index in [9.17, 15) is 4.79 Å². The normalized spacial score (nSPS) is 17.4. The third-order valence-corrected chi connectivity index (χ3v) is 5.67. The first kappa shape index (κ1) is 19.7. The molecule has 7 heteroatoms. The van der Waals surface area contributed by atoms with E-state index in [1.165, 1.54) is 0 Å². The molecule has 0 bridgehead atoms. The zero-order valence-electron chi connectivity index (χ0n) is 17.5. The summed E-state index contributed by atoms with van der Waals surface area (Å²) in [5, 5.41) is 0. The smallest absolute Gasteiger partial charge is 0.182 e. The fraction of sp³-hybridized carbons (Fsp3) is 0.417. The monoisotopic (exact) mass is 422 g/mol. The van der Waals surface area contributed by atoms with Crippen LogP contribution >= 0.6 is 0 Å². The van der Waals surface area contributed by atoms with Crippen LogP contribution in [0, 0.1) is 0 Å². The number of nitrogens with zero attached hydrogens (tertiary/aromatic N) is 2. The van der Waals surface area contributed by atoms with Crippen LogP contribution in [0.5, 0.6) is 23.0 Å². The second-order valence-corrected chi connectivity index (χ2v) is 7.80. The van der Waals surface area contributed by atoms with E-state index in [2.05, 4.69) is 0 Å². The van der Waals surface area contributed by atoms with Crippen LogP contribution in [0.2, 0.25) is 0 Å². The highest BCUT2D eigenvalue weighted by Crippen LogP contribution is 2.35. The molecule has 7 nitrogen and oxygen atoms in total. The van der Waals surface area contributed by atoms with Crippen LogP contribution in [0.15, 0.2) is 41.4 Å². The number of hydrogen-bond acceptors (Lipinski definition) is 7. The Bertz CT molecular complexity index is 1000. The van der Waals surface area contributed by atoms with Gasteiger partial charge in [0.15, 0.2) is 28.8 Å². The van der Waals surface area contributed by atoms with Crippen molar-refractivity contribution in [3.05, 3.63) is 42.0 Å². The second kappa shape index (κ2) is 8.88. The molecule has 0 saturated carbocycles. The number of benzene rings is 2. The summed E-state index contributed by atoms with van der Waals surface area (Å²) in [6, 6.07) is 11.2. The van der Waals surface area contributed by atoms with E-state index in [1.807, 2.05) is 23.1 Å². The molecule has 0 unspecified atom stereocenters. The van der Waals surface area contributed by atoms with Gasteiger partial charge in [-0.3, -0.25) is 9.79 Å². The summed E-state index contributed by atoms with van der Waals surface area (Å²) in [4.78, 5) is 20.1. The molecule has 2 aromatic rings. The molecule has 162 valence electrons. The number of rotatable bonds is 4. The van der Waals surface area contributed by atoms with Crippen molar-refractivity contribution in [3.63, 3.8) is 0 Å². The molecule has 0 spiro atoms. The fourth-order valence-corrected chi connectivity index (χ4v) is 4.06. The predicted molar refractivity (Wildman–Crippen MR) is 117 cm³/mol. The van der Waals surface area contributed by atoms with Crippen LogP contribution in [0.1, 0.15) is 36.0 Å². The molecule has 3 aliphatic heterocycles. The Hall–Kier alpha value is -3.22. The molecule has 0 aliphatic carbocycles. The highest BCUT2D eigenvalue weighted by Gasteiger charge is 2.23. The van der Waals surface area contributed by atoms with Crippen molar-refractivity contribution in [1.29, 1.82) is 0 Å². The minimum absolute atomic E-state index is 0.00110. The molecular weight excluding hydrogens is 396 g/mol. The van der Waals surface area contributed by atoms with Crippen LogP contribution in [0.25, 0.3) is 0 Å². The molecule has 0 fully saturated rings. The number of aliphatic imine (C=N–C) groups is 1. The molecule has 0 amide bonds. The maximum Gasteiger partial charge on any atom is 0.182 e. The van der Waals surface area contributed by atoms with Crippen LogP contribution in [-0.4, -0.2) is 51.1 Å². The number of hydrogen-bond donors (Lipinski definition) is 0. The number of carbonyl (C=O) groups is 1. The summed E-state index contributed by atoms with van der Waals surface area (Å²) in [6.07, 6.45) is 4.15. The van der Waals surface area contributed by atoms with Crippen molar-refractivity contribution in [2.45, 2.75) is 25.7 Å². The lowest BCUT2D eigenvalue weighted by Gasteiger charge is -2.27. The van der Waals surface area contributed by atoms with E-state index in [0.717, 1.165) is 49.5 Å². The van der Waals surface area contributed by atoms with E-state index in [0.29, 0.717) is 49.2 Å². The maximum atomic E-state index is 13.3. The quantitative estimate of drug-likeness (QED) is 0.697. The predicted octanol–water partition coefficient (Wildman–Crippen LogP) is 3.89. The van der Waals surface area contributed by atoms with Crippen molar-refractivity contribution in [1.82, 2.24) is 0 Å². The molecule has 0 saturated heterocycles. The standard InChI is InChI=1S/C24H26N2O5/c27-19(17-5-7-20-22(14-17)30-12-10-28-20)16-26(24-4-2-1-3-9-25-24)18-6-8-21-23(15-18)31-13-11-29-21/h5-8,14-15H,1-4,9-13,16H2. The van der Waals surface area contributed by atoms with Crippen molar-refractivity contribution < 1.29 is 23.7 Å². The third-order valence-electron chi connectivity index (χ3n) is 5.67. The van der Waals surface area contributed by atoms with Crippen LogP contribution in [0.3, 0.4) is 0 Å². The summed E-state index contributed by atoms with van der Waals surface area (Å²) in [5.41, 5.74) is 1.48. The first-order valence-corrected chi connectivity index (χ1v) is 10.9. The Labute approximate surface area is 181 Å². The molecule has 0 atom stereocenters. The summed E-state index contributed by atoms with van der Waals surface area (Å²) >= 11 is 0. The number of ether oxygens (including phenoxy) is 4. The summed E-state index contributed by atoms with van der Waals surface area (Å²) in [7, 11) is 0. The van der Waals surface area contributed by atoms with E-state index >= 15 is 0 Å². The first-order valence-electron chi connectivity index (χ1n) is 10.9. The van der Waals surface area contributed by atoms with Gasteiger partial charge in [0, 0.05) is 30.3 Å². The number of carbonyl (C=O) groups excluding carboxylic acids is 1. The highest BCUT2D eigenvalue weighted by molar-refractivity contribution is 6.07. The lowest BCUT2D eigenvalue weighted by atomic mass is 10.1. The van der Waals surface area contributed by atoms with Crippen molar-refractivity contribution >= 4 is 17.3 Å². The lowest BCUT2D eigenvalue weighted by Crippen LogP contribution is -2.36. The Kier molecular flexibility index (Phi) is 5.65. The zero-order valence-corrected chi connectivity index (χ0v) is 17.5. The Morgan fingerprint density at radius 1 is 0.806 bits per heavy atom. The van der Waals surface area contributed by atoms with Gasteiger partial charge in [0.25, 0.3) is 0 Å². The maximum absolute atomic E-state index is 13.3. The van der Waals surface area contributed by atoms with Crippen molar-refractivity contribution in [2.24, 2.45) is 4.99 Å². The number of ketones is 1. The number of Topliss-reactive ketones (excluding diaryl/α,β-unsaturated/α-hetero) is 1. The summed E-state index contributed by atoms with van der Waals surface area (Å²) in [5.74, 6) is 3.68. The topological polar surface area (TPSA) is 69.6 Å².